The Kier molecular flexibility index (Phi) is 3.16. The highest BCUT2D eigenvalue weighted by Crippen LogP contribution is 2.33. The second kappa shape index (κ2) is 4.85. The van der Waals surface area contributed by atoms with Gasteiger partial charge in [0.1, 0.15) is 11.5 Å². The molecule has 1 aromatic heterocycles. The van der Waals surface area contributed by atoms with Crippen LogP contribution in [0.1, 0.15) is 36.2 Å². The fourth-order valence-electron chi connectivity index (χ4n) is 2.72. The molecular formula is C14H14F3N3. The van der Waals surface area contributed by atoms with Crippen LogP contribution in [0, 0.1) is 5.82 Å². The Balaban J connectivity index is 2.18. The summed E-state index contributed by atoms with van der Waals surface area (Å²) in [6.07, 6.45) is 0.506. The van der Waals surface area contributed by atoms with E-state index >= 15 is 0 Å². The Bertz CT molecular complexity index is 649. The van der Waals surface area contributed by atoms with E-state index in [1.54, 1.807) is 0 Å². The van der Waals surface area contributed by atoms with E-state index in [0.29, 0.717) is 24.1 Å². The molecule has 0 amide bonds. The summed E-state index contributed by atoms with van der Waals surface area (Å²) in [5.74, 6) is -0.457. The molecule has 0 unspecified atom stereocenters. The van der Waals surface area contributed by atoms with E-state index in [1.165, 1.54) is 22.9 Å². The number of rotatable bonds is 2. The predicted octanol–water partition coefficient (Wildman–Crippen LogP) is 3.41. The van der Waals surface area contributed by atoms with Crippen molar-refractivity contribution in [1.29, 1.82) is 0 Å². The third-order valence-corrected chi connectivity index (χ3v) is 3.64. The topological polar surface area (TPSA) is 43.8 Å². The molecule has 1 aliphatic rings. The van der Waals surface area contributed by atoms with Gasteiger partial charge in [-0.05, 0) is 43.9 Å². The minimum Gasteiger partial charge on any atom is -0.397 e. The number of anilines is 1. The molecule has 0 saturated heterocycles. The molecule has 3 rings (SSSR count). The minimum absolute atomic E-state index is 0.177. The van der Waals surface area contributed by atoms with Crippen LogP contribution >= 0.6 is 0 Å². The first-order valence-electron chi connectivity index (χ1n) is 6.52. The van der Waals surface area contributed by atoms with Crippen molar-refractivity contribution in [2.75, 3.05) is 5.73 Å². The molecule has 0 saturated carbocycles. The number of aromatic nitrogens is 2. The second-order valence-corrected chi connectivity index (χ2v) is 4.93. The van der Waals surface area contributed by atoms with Crippen LogP contribution in [0.25, 0.3) is 5.69 Å². The molecule has 2 N–H and O–H groups in total. The van der Waals surface area contributed by atoms with E-state index < -0.39 is 12.2 Å². The van der Waals surface area contributed by atoms with Crippen molar-refractivity contribution in [2.45, 2.75) is 32.1 Å². The lowest BCUT2D eigenvalue weighted by molar-refractivity contribution is 0.144. The van der Waals surface area contributed by atoms with E-state index in [1.807, 2.05) is 0 Å². The van der Waals surface area contributed by atoms with Gasteiger partial charge in [0.2, 0.25) is 0 Å². The maximum atomic E-state index is 13.1. The zero-order valence-corrected chi connectivity index (χ0v) is 10.7. The van der Waals surface area contributed by atoms with Gasteiger partial charge in [0.05, 0.1) is 11.4 Å². The lowest BCUT2D eigenvalue weighted by Gasteiger charge is -2.15. The Morgan fingerprint density at radius 3 is 2.65 bits per heavy atom. The monoisotopic (exact) mass is 281 g/mol. The third kappa shape index (κ3) is 2.05. The van der Waals surface area contributed by atoms with Crippen LogP contribution in [0.2, 0.25) is 0 Å². The van der Waals surface area contributed by atoms with Gasteiger partial charge in [-0.3, -0.25) is 0 Å². The number of benzene rings is 1. The van der Waals surface area contributed by atoms with Gasteiger partial charge < -0.3 is 5.73 Å². The molecule has 106 valence electrons. The highest BCUT2D eigenvalue weighted by molar-refractivity contribution is 5.58. The van der Waals surface area contributed by atoms with Crippen LogP contribution < -0.4 is 5.73 Å². The first kappa shape index (κ1) is 13.0. The number of fused-ring (bicyclic) bond motifs is 1. The molecule has 0 radical (unpaired) electrons. The van der Waals surface area contributed by atoms with Gasteiger partial charge >= 0.3 is 0 Å². The minimum atomic E-state index is -2.61. The summed E-state index contributed by atoms with van der Waals surface area (Å²) in [4.78, 5) is 0. The van der Waals surface area contributed by atoms with Gasteiger partial charge in [0.15, 0.2) is 0 Å². The van der Waals surface area contributed by atoms with Crippen molar-refractivity contribution in [3.63, 3.8) is 0 Å². The lowest BCUT2D eigenvalue weighted by Crippen LogP contribution is -2.09. The Morgan fingerprint density at radius 1 is 1.20 bits per heavy atom. The first-order chi connectivity index (χ1) is 9.58. The fourth-order valence-corrected chi connectivity index (χ4v) is 2.72. The largest absolute Gasteiger partial charge is 0.397 e. The standard InChI is InChI=1S/C14H14F3N3/c15-8-5-6-12(10(18)7-8)20-11-4-2-1-3-9(11)13(19-20)14(16)17/h5-7,14H,1-4,18H2. The summed E-state index contributed by atoms with van der Waals surface area (Å²) in [5, 5.41) is 4.02. The van der Waals surface area contributed by atoms with Crippen molar-refractivity contribution < 1.29 is 13.2 Å². The number of nitrogen functional groups attached to an aromatic ring is 1. The van der Waals surface area contributed by atoms with Crippen LogP contribution in [-0.2, 0) is 12.8 Å². The van der Waals surface area contributed by atoms with E-state index in [2.05, 4.69) is 5.10 Å². The summed E-state index contributed by atoms with van der Waals surface area (Å²) < 4.78 is 40.7. The molecule has 1 aliphatic carbocycles. The number of nitrogens with two attached hydrogens (primary N) is 1. The highest BCUT2D eigenvalue weighted by atomic mass is 19.3. The molecule has 6 heteroatoms. The van der Waals surface area contributed by atoms with Gasteiger partial charge in [-0.25, -0.2) is 17.9 Å². The van der Waals surface area contributed by atoms with E-state index in [9.17, 15) is 13.2 Å². The molecule has 0 aliphatic heterocycles. The lowest BCUT2D eigenvalue weighted by atomic mass is 9.95. The molecule has 0 fully saturated rings. The van der Waals surface area contributed by atoms with Gasteiger partial charge in [-0.15, -0.1) is 0 Å². The Hall–Kier alpha value is -1.98. The average molecular weight is 281 g/mol. The van der Waals surface area contributed by atoms with Crippen molar-refractivity contribution in [3.8, 4) is 5.69 Å². The molecule has 1 heterocycles. The molecule has 3 nitrogen and oxygen atoms in total. The molecule has 0 atom stereocenters. The third-order valence-electron chi connectivity index (χ3n) is 3.64. The average Bonchev–Trinajstić information content (AvgIpc) is 2.78. The maximum Gasteiger partial charge on any atom is 0.282 e. The van der Waals surface area contributed by atoms with Crippen LogP contribution in [0.3, 0.4) is 0 Å². The molecule has 2 aromatic rings. The predicted molar refractivity (Wildman–Crippen MR) is 69.5 cm³/mol. The maximum absolute atomic E-state index is 13.1. The molecule has 20 heavy (non-hydrogen) atoms. The Labute approximate surface area is 114 Å². The number of nitrogens with zero attached hydrogens (tertiary/aromatic N) is 2. The molecule has 0 bridgehead atoms. The molecule has 0 spiro atoms. The first-order valence-corrected chi connectivity index (χ1v) is 6.52. The van der Waals surface area contributed by atoms with Crippen molar-refractivity contribution >= 4 is 5.69 Å². The zero-order valence-electron chi connectivity index (χ0n) is 10.7. The Morgan fingerprint density at radius 2 is 1.95 bits per heavy atom. The van der Waals surface area contributed by atoms with E-state index in [4.69, 9.17) is 5.73 Å². The van der Waals surface area contributed by atoms with Crippen molar-refractivity contribution in [3.05, 3.63) is 41.0 Å². The summed E-state index contributed by atoms with van der Waals surface area (Å²) in [6.45, 7) is 0. The van der Waals surface area contributed by atoms with Gasteiger partial charge in [0.25, 0.3) is 6.43 Å². The van der Waals surface area contributed by atoms with Crippen molar-refractivity contribution in [2.24, 2.45) is 0 Å². The number of hydrogen-bond donors (Lipinski definition) is 1. The van der Waals surface area contributed by atoms with Crippen LogP contribution in [0.5, 0.6) is 0 Å². The summed E-state index contributed by atoms with van der Waals surface area (Å²) >= 11 is 0. The molecule has 1 aromatic carbocycles. The number of alkyl halides is 2. The normalized spacial score (nSPS) is 14.6. The quantitative estimate of drug-likeness (QED) is 0.857. The fraction of sp³-hybridized carbons (Fsp3) is 0.357. The van der Waals surface area contributed by atoms with E-state index in [0.717, 1.165) is 18.5 Å². The summed E-state index contributed by atoms with van der Waals surface area (Å²) in [5.41, 5.74) is 7.65. The SMILES string of the molecule is Nc1cc(F)ccc1-n1nc(C(F)F)c2c1CCCC2. The van der Waals surface area contributed by atoms with Gasteiger partial charge in [0, 0.05) is 11.3 Å². The molecular weight excluding hydrogens is 267 g/mol. The van der Waals surface area contributed by atoms with E-state index in [-0.39, 0.29) is 11.4 Å². The highest BCUT2D eigenvalue weighted by Gasteiger charge is 2.26. The summed E-state index contributed by atoms with van der Waals surface area (Å²) in [7, 11) is 0. The second-order valence-electron chi connectivity index (χ2n) is 4.93. The smallest absolute Gasteiger partial charge is 0.282 e. The summed E-state index contributed by atoms with van der Waals surface area (Å²) in [6, 6.07) is 3.90. The number of halogens is 3. The van der Waals surface area contributed by atoms with Crippen LogP contribution in [0.15, 0.2) is 18.2 Å². The van der Waals surface area contributed by atoms with Crippen LogP contribution in [0.4, 0.5) is 18.9 Å². The van der Waals surface area contributed by atoms with Gasteiger partial charge in [-0.1, -0.05) is 0 Å². The van der Waals surface area contributed by atoms with Crippen LogP contribution in [-0.4, -0.2) is 9.78 Å². The number of hydrogen-bond acceptors (Lipinski definition) is 2. The zero-order chi connectivity index (χ0) is 14.3. The van der Waals surface area contributed by atoms with Gasteiger partial charge in [-0.2, -0.15) is 5.10 Å². The van der Waals surface area contributed by atoms with Crippen molar-refractivity contribution in [1.82, 2.24) is 9.78 Å².